The van der Waals surface area contributed by atoms with Crippen LogP contribution in [0, 0.1) is 6.92 Å². The van der Waals surface area contributed by atoms with E-state index < -0.39 is 0 Å². The van der Waals surface area contributed by atoms with E-state index in [1.165, 1.54) is 25.8 Å². The number of piperazine rings is 1. The zero-order valence-corrected chi connectivity index (χ0v) is 14.6. The standard InChI is InChI=1S/C20H27N3O/c1-16-13-19(21-24-16)15-23-11-9-22(10-12-23)14-18-7-4-6-17-5-2-3-8-20(17)18/h2-3,5,8,13,18H,4,6-7,9-12,14-15H2,1H3/t18-/m0/s1. The van der Waals surface area contributed by atoms with E-state index in [1.807, 2.05) is 13.0 Å². The molecule has 4 heteroatoms. The summed E-state index contributed by atoms with van der Waals surface area (Å²) in [5.74, 6) is 1.62. The lowest BCUT2D eigenvalue weighted by molar-refractivity contribution is 0.118. The van der Waals surface area contributed by atoms with Gasteiger partial charge in [0, 0.05) is 45.3 Å². The molecule has 0 spiro atoms. The van der Waals surface area contributed by atoms with Crippen LogP contribution >= 0.6 is 0 Å². The molecule has 1 saturated heterocycles. The predicted octanol–water partition coefficient (Wildman–Crippen LogP) is 3.22. The Bertz CT molecular complexity index is 673. The average Bonchev–Trinajstić information content (AvgIpc) is 3.02. The lowest BCUT2D eigenvalue weighted by atomic mass is 9.82. The minimum atomic E-state index is 0.722. The molecule has 1 aliphatic carbocycles. The van der Waals surface area contributed by atoms with Gasteiger partial charge in [-0.05, 0) is 43.2 Å². The molecule has 1 aromatic heterocycles. The molecule has 0 unspecified atom stereocenters. The molecular weight excluding hydrogens is 298 g/mol. The van der Waals surface area contributed by atoms with Crippen LogP contribution in [0.5, 0.6) is 0 Å². The van der Waals surface area contributed by atoms with Gasteiger partial charge in [0.2, 0.25) is 0 Å². The third kappa shape index (κ3) is 3.55. The lowest BCUT2D eigenvalue weighted by Crippen LogP contribution is -2.47. The van der Waals surface area contributed by atoms with Crippen molar-refractivity contribution in [1.82, 2.24) is 15.0 Å². The van der Waals surface area contributed by atoms with Crippen molar-refractivity contribution < 1.29 is 4.52 Å². The Balaban J connectivity index is 1.31. The summed E-state index contributed by atoms with van der Waals surface area (Å²) in [5.41, 5.74) is 4.24. The summed E-state index contributed by atoms with van der Waals surface area (Å²) < 4.78 is 5.17. The van der Waals surface area contributed by atoms with Gasteiger partial charge < -0.3 is 9.42 Å². The van der Waals surface area contributed by atoms with Gasteiger partial charge in [-0.1, -0.05) is 29.4 Å². The molecule has 2 heterocycles. The van der Waals surface area contributed by atoms with Crippen LogP contribution < -0.4 is 0 Å². The van der Waals surface area contributed by atoms with Crippen LogP contribution in [0.15, 0.2) is 34.9 Å². The molecule has 1 atom stereocenters. The average molecular weight is 325 g/mol. The second-order valence-corrected chi connectivity index (χ2v) is 7.29. The summed E-state index contributed by atoms with van der Waals surface area (Å²) >= 11 is 0. The van der Waals surface area contributed by atoms with Gasteiger partial charge in [-0.3, -0.25) is 4.90 Å². The highest BCUT2D eigenvalue weighted by molar-refractivity contribution is 5.32. The summed E-state index contributed by atoms with van der Waals surface area (Å²) in [6, 6.07) is 11.1. The number of benzene rings is 1. The van der Waals surface area contributed by atoms with Gasteiger partial charge in [-0.2, -0.15) is 0 Å². The fourth-order valence-corrected chi connectivity index (χ4v) is 4.21. The van der Waals surface area contributed by atoms with Crippen molar-refractivity contribution in [2.45, 2.75) is 38.6 Å². The molecule has 128 valence electrons. The zero-order chi connectivity index (χ0) is 16.4. The first kappa shape index (κ1) is 15.9. The molecule has 0 bridgehead atoms. The minimum Gasteiger partial charge on any atom is -0.361 e. The third-order valence-electron chi connectivity index (χ3n) is 5.50. The Morgan fingerprint density at radius 3 is 2.71 bits per heavy atom. The summed E-state index contributed by atoms with van der Waals surface area (Å²) in [7, 11) is 0. The molecule has 0 radical (unpaired) electrons. The first-order chi connectivity index (χ1) is 11.8. The Labute approximate surface area is 144 Å². The van der Waals surface area contributed by atoms with Crippen LogP contribution in [-0.2, 0) is 13.0 Å². The van der Waals surface area contributed by atoms with Crippen LogP contribution in [0.3, 0.4) is 0 Å². The summed E-state index contributed by atoms with van der Waals surface area (Å²) in [6.45, 7) is 8.66. The number of rotatable bonds is 4. The summed E-state index contributed by atoms with van der Waals surface area (Å²) in [4.78, 5) is 5.14. The van der Waals surface area contributed by atoms with E-state index in [4.69, 9.17) is 4.52 Å². The van der Waals surface area contributed by atoms with E-state index in [-0.39, 0.29) is 0 Å². The first-order valence-electron chi connectivity index (χ1n) is 9.22. The third-order valence-corrected chi connectivity index (χ3v) is 5.50. The SMILES string of the molecule is Cc1cc(CN2CCN(C[C@@H]3CCCc4ccccc43)CC2)no1. The molecule has 4 nitrogen and oxygen atoms in total. The van der Waals surface area contributed by atoms with Gasteiger partial charge in [0.25, 0.3) is 0 Å². The molecule has 24 heavy (non-hydrogen) atoms. The maximum absolute atomic E-state index is 5.17. The van der Waals surface area contributed by atoms with Gasteiger partial charge in [-0.15, -0.1) is 0 Å². The van der Waals surface area contributed by atoms with Crippen LogP contribution in [0.4, 0.5) is 0 Å². The highest BCUT2D eigenvalue weighted by Crippen LogP contribution is 2.32. The van der Waals surface area contributed by atoms with Crippen LogP contribution in [0.1, 0.15) is 41.3 Å². The number of hydrogen-bond donors (Lipinski definition) is 0. The summed E-state index contributed by atoms with van der Waals surface area (Å²) in [5, 5.41) is 4.12. The second kappa shape index (κ2) is 7.08. The molecule has 2 aromatic rings. The lowest BCUT2D eigenvalue weighted by Gasteiger charge is -2.37. The monoisotopic (exact) mass is 325 g/mol. The van der Waals surface area contributed by atoms with Gasteiger partial charge in [0.05, 0.1) is 5.69 Å². The molecule has 1 aromatic carbocycles. The van der Waals surface area contributed by atoms with Crippen molar-refractivity contribution >= 4 is 0 Å². The normalized spacial score (nSPS) is 22.5. The number of nitrogens with zero attached hydrogens (tertiary/aromatic N) is 3. The van der Waals surface area contributed by atoms with Gasteiger partial charge >= 0.3 is 0 Å². The maximum Gasteiger partial charge on any atom is 0.133 e. The van der Waals surface area contributed by atoms with Gasteiger partial charge in [-0.25, -0.2) is 0 Å². The van der Waals surface area contributed by atoms with E-state index in [2.05, 4.69) is 39.2 Å². The van der Waals surface area contributed by atoms with E-state index in [0.717, 1.165) is 50.1 Å². The van der Waals surface area contributed by atoms with Crippen molar-refractivity contribution in [3.63, 3.8) is 0 Å². The Kier molecular flexibility index (Phi) is 4.67. The topological polar surface area (TPSA) is 32.5 Å². The molecular formula is C20H27N3O. The molecule has 0 saturated carbocycles. The molecule has 2 aliphatic rings. The van der Waals surface area contributed by atoms with E-state index in [0.29, 0.717) is 0 Å². The maximum atomic E-state index is 5.17. The fraction of sp³-hybridized carbons (Fsp3) is 0.550. The number of aromatic nitrogens is 1. The van der Waals surface area contributed by atoms with Crippen LogP contribution in [0.25, 0.3) is 0 Å². The largest absolute Gasteiger partial charge is 0.361 e. The van der Waals surface area contributed by atoms with Crippen LogP contribution in [-0.4, -0.2) is 47.7 Å². The van der Waals surface area contributed by atoms with Gasteiger partial charge in [0.1, 0.15) is 5.76 Å². The van der Waals surface area contributed by atoms with E-state index >= 15 is 0 Å². The molecule has 0 N–H and O–H groups in total. The quantitative estimate of drug-likeness (QED) is 0.864. The number of fused-ring (bicyclic) bond motifs is 1. The fourth-order valence-electron chi connectivity index (χ4n) is 4.21. The van der Waals surface area contributed by atoms with E-state index in [9.17, 15) is 0 Å². The van der Waals surface area contributed by atoms with Crippen molar-refractivity contribution in [3.05, 3.63) is 52.9 Å². The molecule has 0 amide bonds. The van der Waals surface area contributed by atoms with Crippen molar-refractivity contribution in [2.75, 3.05) is 32.7 Å². The van der Waals surface area contributed by atoms with Crippen molar-refractivity contribution in [2.24, 2.45) is 0 Å². The Morgan fingerprint density at radius 1 is 1.12 bits per heavy atom. The second-order valence-electron chi connectivity index (χ2n) is 7.29. The highest BCUT2D eigenvalue weighted by Gasteiger charge is 2.24. The number of aryl methyl sites for hydroxylation is 2. The number of hydrogen-bond acceptors (Lipinski definition) is 4. The first-order valence-corrected chi connectivity index (χ1v) is 9.22. The van der Waals surface area contributed by atoms with E-state index in [1.54, 1.807) is 11.1 Å². The van der Waals surface area contributed by atoms with Gasteiger partial charge in [0.15, 0.2) is 0 Å². The molecule has 1 aliphatic heterocycles. The van der Waals surface area contributed by atoms with Crippen molar-refractivity contribution in [1.29, 1.82) is 0 Å². The highest BCUT2D eigenvalue weighted by atomic mass is 16.5. The predicted molar refractivity (Wildman–Crippen MR) is 95.1 cm³/mol. The zero-order valence-electron chi connectivity index (χ0n) is 14.6. The van der Waals surface area contributed by atoms with Crippen molar-refractivity contribution in [3.8, 4) is 0 Å². The molecule has 4 rings (SSSR count). The Morgan fingerprint density at radius 2 is 1.92 bits per heavy atom. The Hall–Kier alpha value is -1.65. The minimum absolute atomic E-state index is 0.722. The molecule has 1 fully saturated rings. The summed E-state index contributed by atoms with van der Waals surface area (Å²) in [6.07, 6.45) is 3.94. The van der Waals surface area contributed by atoms with Crippen LogP contribution in [0.2, 0.25) is 0 Å². The smallest absolute Gasteiger partial charge is 0.133 e.